The molecule has 0 radical (unpaired) electrons. The number of carbonyl (C=O) groups is 1. The van der Waals surface area contributed by atoms with Gasteiger partial charge in [0.2, 0.25) is 0 Å². The van der Waals surface area contributed by atoms with Crippen molar-refractivity contribution in [1.82, 2.24) is 0 Å². The molecule has 3 nitrogen and oxygen atoms in total. The van der Waals surface area contributed by atoms with Crippen LogP contribution in [0.1, 0.15) is 11.1 Å². The monoisotopic (exact) mass is 285 g/mol. The van der Waals surface area contributed by atoms with Crippen molar-refractivity contribution < 1.29 is 9.53 Å². The highest BCUT2D eigenvalue weighted by molar-refractivity contribution is 6.35. The van der Waals surface area contributed by atoms with Gasteiger partial charge in [0, 0.05) is 5.56 Å². The second-order valence-corrected chi connectivity index (χ2v) is 5.54. The van der Waals surface area contributed by atoms with E-state index in [2.05, 4.69) is 0 Å². The van der Waals surface area contributed by atoms with E-state index >= 15 is 0 Å². The molecule has 1 amide bonds. The van der Waals surface area contributed by atoms with Crippen molar-refractivity contribution in [3.05, 3.63) is 64.7 Å². The molecule has 0 bridgehead atoms. The van der Waals surface area contributed by atoms with Gasteiger partial charge < -0.3 is 9.64 Å². The van der Waals surface area contributed by atoms with E-state index in [1.54, 1.807) is 4.90 Å². The smallest absolute Gasteiger partial charge is 0.266 e. The average molecular weight is 286 g/mol. The van der Waals surface area contributed by atoms with Gasteiger partial charge in [-0.25, -0.2) is 0 Å². The minimum absolute atomic E-state index is 0.00977. The van der Waals surface area contributed by atoms with Gasteiger partial charge >= 0.3 is 0 Å². The Labute approximate surface area is 121 Å². The van der Waals surface area contributed by atoms with Crippen LogP contribution in [0.25, 0.3) is 0 Å². The Kier molecular flexibility index (Phi) is 2.43. The van der Waals surface area contributed by atoms with E-state index in [-0.39, 0.29) is 5.91 Å². The number of hydrogen-bond acceptors (Lipinski definition) is 2. The van der Waals surface area contributed by atoms with Gasteiger partial charge in [0.05, 0.1) is 23.9 Å². The lowest BCUT2D eigenvalue weighted by molar-refractivity contribution is -0.123. The lowest BCUT2D eigenvalue weighted by Crippen LogP contribution is -2.32. The lowest BCUT2D eigenvalue weighted by atomic mass is 10.0. The second kappa shape index (κ2) is 4.08. The van der Waals surface area contributed by atoms with Crippen LogP contribution in [0.2, 0.25) is 5.02 Å². The first-order valence-corrected chi connectivity index (χ1v) is 6.89. The van der Waals surface area contributed by atoms with Crippen LogP contribution in [0.3, 0.4) is 0 Å². The highest BCUT2D eigenvalue weighted by Gasteiger charge is 2.62. The third-order valence-electron chi connectivity index (χ3n) is 3.90. The summed E-state index contributed by atoms with van der Waals surface area (Å²) < 4.78 is 5.47. The maximum absolute atomic E-state index is 12.6. The Balaban J connectivity index is 1.80. The molecule has 1 spiro atoms. The van der Waals surface area contributed by atoms with E-state index < -0.39 is 5.60 Å². The Morgan fingerprint density at radius 1 is 1.15 bits per heavy atom. The van der Waals surface area contributed by atoms with Gasteiger partial charge in [-0.1, -0.05) is 54.1 Å². The van der Waals surface area contributed by atoms with Crippen molar-refractivity contribution in [3.63, 3.8) is 0 Å². The summed E-state index contributed by atoms with van der Waals surface area (Å²) in [7, 11) is 0. The van der Waals surface area contributed by atoms with Crippen LogP contribution < -0.4 is 4.90 Å². The molecule has 1 saturated heterocycles. The Hall–Kier alpha value is -1.84. The molecule has 20 heavy (non-hydrogen) atoms. The van der Waals surface area contributed by atoms with E-state index in [4.69, 9.17) is 16.3 Å². The van der Waals surface area contributed by atoms with Gasteiger partial charge in [-0.05, 0) is 11.6 Å². The number of epoxide rings is 1. The number of amides is 1. The molecule has 2 aromatic rings. The zero-order valence-corrected chi connectivity index (χ0v) is 11.4. The first-order valence-electron chi connectivity index (χ1n) is 6.51. The Bertz CT molecular complexity index is 695. The number of nitrogens with zero attached hydrogens (tertiary/aromatic N) is 1. The van der Waals surface area contributed by atoms with Gasteiger partial charge in [-0.2, -0.15) is 0 Å². The standard InChI is InChI=1S/C16H12ClNO2/c17-13-8-4-7-12-14(13)18(15(19)16(12)10-20-16)9-11-5-2-1-3-6-11/h1-8H,9-10H2/t16-/m0/s1. The number of benzene rings is 2. The zero-order valence-electron chi connectivity index (χ0n) is 10.7. The fourth-order valence-corrected chi connectivity index (χ4v) is 3.09. The van der Waals surface area contributed by atoms with Crippen LogP contribution in [0.15, 0.2) is 48.5 Å². The van der Waals surface area contributed by atoms with Gasteiger partial charge in [0.25, 0.3) is 5.91 Å². The maximum Gasteiger partial charge on any atom is 0.266 e. The number of anilines is 1. The molecule has 100 valence electrons. The van der Waals surface area contributed by atoms with Gasteiger partial charge in [0.1, 0.15) is 0 Å². The summed E-state index contributed by atoms with van der Waals surface area (Å²) in [5.41, 5.74) is 1.99. The summed E-state index contributed by atoms with van der Waals surface area (Å²) in [4.78, 5) is 14.4. The van der Waals surface area contributed by atoms with Gasteiger partial charge in [-0.15, -0.1) is 0 Å². The topological polar surface area (TPSA) is 32.8 Å². The van der Waals surface area contributed by atoms with Crippen LogP contribution in [-0.2, 0) is 21.7 Å². The number of para-hydroxylation sites is 1. The molecule has 2 heterocycles. The average Bonchev–Trinajstić information content (AvgIpc) is 3.23. The van der Waals surface area contributed by atoms with Crippen LogP contribution >= 0.6 is 11.6 Å². The molecule has 4 rings (SSSR count). The number of carbonyl (C=O) groups excluding carboxylic acids is 1. The Morgan fingerprint density at radius 2 is 1.90 bits per heavy atom. The van der Waals surface area contributed by atoms with Gasteiger partial charge in [-0.3, -0.25) is 4.79 Å². The first-order chi connectivity index (χ1) is 9.72. The second-order valence-electron chi connectivity index (χ2n) is 5.13. The van der Waals surface area contributed by atoms with Crippen molar-refractivity contribution in [2.75, 3.05) is 11.5 Å². The van der Waals surface area contributed by atoms with Gasteiger partial charge in [0.15, 0.2) is 5.60 Å². The quantitative estimate of drug-likeness (QED) is 0.794. The molecular weight excluding hydrogens is 274 g/mol. The molecular formula is C16H12ClNO2. The molecule has 4 heteroatoms. The summed E-state index contributed by atoms with van der Waals surface area (Å²) in [6, 6.07) is 15.5. The number of ether oxygens (including phenoxy) is 1. The Morgan fingerprint density at radius 3 is 2.60 bits per heavy atom. The highest BCUT2D eigenvalue weighted by atomic mass is 35.5. The van der Waals surface area contributed by atoms with Crippen molar-refractivity contribution >= 4 is 23.2 Å². The number of rotatable bonds is 2. The van der Waals surface area contributed by atoms with Crippen molar-refractivity contribution in [1.29, 1.82) is 0 Å². The lowest BCUT2D eigenvalue weighted by Gasteiger charge is -2.18. The normalized spacial score (nSPS) is 23.2. The SMILES string of the molecule is O=C1N(Cc2ccccc2)c2c(Cl)cccc2[C@@]12CO2. The molecule has 0 aliphatic carbocycles. The fraction of sp³-hybridized carbons (Fsp3) is 0.188. The molecule has 0 unspecified atom stereocenters. The third-order valence-corrected chi connectivity index (χ3v) is 4.20. The fourth-order valence-electron chi connectivity index (χ4n) is 2.82. The molecule has 2 aliphatic rings. The van der Waals surface area contributed by atoms with E-state index in [0.29, 0.717) is 18.2 Å². The van der Waals surface area contributed by atoms with Crippen molar-refractivity contribution in [2.24, 2.45) is 0 Å². The summed E-state index contributed by atoms with van der Waals surface area (Å²) in [6.45, 7) is 0.964. The van der Waals surface area contributed by atoms with E-state index in [9.17, 15) is 4.79 Å². The van der Waals surface area contributed by atoms with Crippen molar-refractivity contribution in [2.45, 2.75) is 12.1 Å². The number of halogens is 1. The van der Waals surface area contributed by atoms with E-state index in [1.165, 1.54) is 0 Å². The minimum Gasteiger partial charge on any atom is -0.354 e. The predicted octanol–water partition coefficient (Wildman–Crippen LogP) is 3.11. The minimum atomic E-state index is -0.769. The van der Waals surface area contributed by atoms with Crippen LogP contribution in [0.5, 0.6) is 0 Å². The van der Waals surface area contributed by atoms with Crippen LogP contribution in [0.4, 0.5) is 5.69 Å². The maximum atomic E-state index is 12.6. The van der Waals surface area contributed by atoms with E-state index in [1.807, 2.05) is 48.5 Å². The molecule has 1 fully saturated rings. The molecule has 2 aromatic carbocycles. The number of hydrogen-bond donors (Lipinski definition) is 0. The van der Waals surface area contributed by atoms with E-state index in [0.717, 1.165) is 16.8 Å². The molecule has 2 aliphatic heterocycles. The largest absolute Gasteiger partial charge is 0.354 e. The zero-order chi connectivity index (χ0) is 13.7. The summed E-state index contributed by atoms with van der Waals surface area (Å²) >= 11 is 6.30. The summed E-state index contributed by atoms with van der Waals surface area (Å²) in [5, 5.41) is 0.596. The molecule has 1 atom stereocenters. The molecule has 0 N–H and O–H groups in total. The highest BCUT2D eigenvalue weighted by Crippen LogP contribution is 2.53. The predicted molar refractivity (Wildman–Crippen MR) is 76.7 cm³/mol. The first kappa shape index (κ1) is 11.9. The number of fused-ring (bicyclic) bond motifs is 2. The third kappa shape index (κ3) is 1.54. The van der Waals surface area contributed by atoms with Crippen molar-refractivity contribution in [3.8, 4) is 0 Å². The van der Waals surface area contributed by atoms with Crippen LogP contribution in [0, 0.1) is 0 Å². The molecule has 0 aromatic heterocycles. The van der Waals surface area contributed by atoms with Crippen LogP contribution in [-0.4, -0.2) is 12.5 Å². The molecule has 0 saturated carbocycles. The summed E-state index contributed by atoms with van der Waals surface area (Å²) in [6.07, 6.45) is 0. The summed E-state index contributed by atoms with van der Waals surface area (Å²) in [5.74, 6) is -0.00977.